The van der Waals surface area contributed by atoms with Gasteiger partial charge in [-0.2, -0.15) is 0 Å². The Morgan fingerprint density at radius 1 is 0.970 bits per heavy atom. The quantitative estimate of drug-likeness (QED) is 0.550. The average Bonchev–Trinajstić information content (AvgIpc) is 3.62. The molecule has 6 nitrogen and oxygen atoms in total. The number of hydrogen-bond donors (Lipinski definition) is 1. The molecule has 1 saturated heterocycles. The van der Waals surface area contributed by atoms with Crippen LogP contribution in [0, 0.1) is 35.5 Å². The molecule has 5 aliphatic rings. The van der Waals surface area contributed by atoms with Crippen LogP contribution in [-0.4, -0.2) is 35.8 Å². The number of nitrogens with one attached hydrogen (secondary N) is 1. The van der Waals surface area contributed by atoms with Gasteiger partial charge in [0.1, 0.15) is 11.8 Å². The van der Waals surface area contributed by atoms with Crippen LogP contribution in [0.3, 0.4) is 0 Å². The molecule has 3 fully saturated rings. The summed E-state index contributed by atoms with van der Waals surface area (Å²) in [6.45, 7) is 0. The van der Waals surface area contributed by atoms with E-state index < -0.39 is 6.04 Å². The number of likely N-dealkylation sites (tertiary alicyclic amines) is 1. The van der Waals surface area contributed by atoms with Crippen molar-refractivity contribution in [1.29, 1.82) is 0 Å². The van der Waals surface area contributed by atoms with E-state index in [1.807, 2.05) is 36.4 Å². The van der Waals surface area contributed by atoms with Gasteiger partial charge in [0.05, 0.1) is 24.6 Å². The number of amides is 3. The molecule has 168 valence electrons. The Kier molecular flexibility index (Phi) is 4.64. The highest BCUT2D eigenvalue weighted by atomic mass is 16.5. The van der Waals surface area contributed by atoms with Gasteiger partial charge in [0.2, 0.25) is 17.7 Å². The second-order valence-electron chi connectivity index (χ2n) is 9.60. The summed E-state index contributed by atoms with van der Waals surface area (Å²) in [5, 5.41) is 2.91. The molecule has 3 amide bonds. The fraction of sp³-hybridized carbons (Fsp3) is 0.370. The van der Waals surface area contributed by atoms with Crippen molar-refractivity contribution in [1.82, 2.24) is 4.90 Å². The Bertz CT molecular complexity index is 1120. The van der Waals surface area contributed by atoms with Crippen LogP contribution in [-0.2, 0) is 20.8 Å². The number of ether oxygens (including phenoxy) is 1. The molecule has 33 heavy (non-hydrogen) atoms. The Morgan fingerprint density at radius 2 is 1.58 bits per heavy atom. The molecular weight excluding hydrogens is 416 g/mol. The van der Waals surface area contributed by atoms with Crippen molar-refractivity contribution in [3.05, 3.63) is 72.3 Å². The maximum atomic E-state index is 13.7. The smallest absolute Gasteiger partial charge is 0.248 e. The van der Waals surface area contributed by atoms with Crippen molar-refractivity contribution in [2.75, 3.05) is 12.4 Å². The number of carbonyl (C=O) groups excluding carboxylic acids is 3. The predicted molar refractivity (Wildman–Crippen MR) is 122 cm³/mol. The number of para-hydroxylation sites is 2. The summed E-state index contributed by atoms with van der Waals surface area (Å²) in [6.07, 6.45) is 5.68. The number of imide groups is 1. The van der Waals surface area contributed by atoms with E-state index in [1.165, 1.54) is 4.90 Å². The van der Waals surface area contributed by atoms with E-state index in [1.54, 1.807) is 25.3 Å². The van der Waals surface area contributed by atoms with Crippen LogP contribution in [0.5, 0.6) is 5.75 Å². The van der Waals surface area contributed by atoms with Gasteiger partial charge in [0.25, 0.3) is 0 Å². The van der Waals surface area contributed by atoms with E-state index in [4.69, 9.17) is 4.74 Å². The number of hydrogen-bond acceptors (Lipinski definition) is 4. The minimum atomic E-state index is -0.918. The van der Waals surface area contributed by atoms with Crippen molar-refractivity contribution < 1.29 is 19.1 Å². The van der Waals surface area contributed by atoms with Gasteiger partial charge in [0.15, 0.2) is 0 Å². The van der Waals surface area contributed by atoms with Crippen LogP contribution in [0.1, 0.15) is 12.0 Å². The lowest BCUT2D eigenvalue weighted by Gasteiger charge is -2.37. The summed E-state index contributed by atoms with van der Waals surface area (Å²) in [5.41, 5.74) is 1.42. The van der Waals surface area contributed by atoms with Crippen molar-refractivity contribution >= 4 is 23.4 Å². The van der Waals surface area contributed by atoms with Gasteiger partial charge in [-0.3, -0.25) is 19.3 Å². The average molecular weight is 443 g/mol. The zero-order valence-corrected chi connectivity index (χ0v) is 18.4. The van der Waals surface area contributed by atoms with Crippen LogP contribution in [0.25, 0.3) is 0 Å². The van der Waals surface area contributed by atoms with Crippen LogP contribution in [0.4, 0.5) is 5.69 Å². The molecule has 0 spiro atoms. The molecule has 2 aromatic rings. The zero-order valence-electron chi connectivity index (χ0n) is 18.4. The molecule has 2 aromatic carbocycles. The monoisotopic (exact) mass is 442 g/mol. The van der Waals surface area contributed by atoms with Gasteiger partial charge < -0.3 is 10.1 Å². The Balaban J connectivity index is 1.34. The lowest BCUT2D eigenvalue weighted by Crippen LogP contribution is -2.49. The lowest BCUT2D eigenvalue weighted by molar-refractivity contribution is -0.146. The minimum absolute atomic E-state index is 0.126. The fourth-order valence-corrected chi connectivity index (χ4v) is 6.39. The summed E-state index contributed by atoms with van der Waals surface area (Å²) >= 11 is 0. The van der Waals surface area contributed by atoms with E-state index in [0.717, 1.165) is 12.0 Å². The number of benzene rings is 2. The molecule has 4 aliphatic carbocycles. The fourth-order valence-electron chi connectivity index (χ4n) is 6.39. The van der Waals surface area contributed by atoms with Gasteiger partial charge in [-0.05, 0) is 47.8 Å². The molecule has 0 aromatic heterocycles. The SMILES string of the molecule is COc1ccccc1NC(=O)[C@H](Cc1ccccc1)N1C(=O)[C@@H]2[C@H]3C=C[C@@H]([C@@H]4C[C@@H]34)[C@@H]2C1=O. The molecule has 7 atom stereocenters. The highest BCUT2D eigenvalue weighted by molar-refractivity contribution is 6.11. The van der Waals surface area contributed by atoms with Gasteiger partial charge in [-0.15, -0.1) is 0 Å². The molecule has 2 saturated carbocycles. The summed E-state index contributed by atoms with van der Waals surface area (Å²) in [7, 11) is 1.54. The van der Waals surface area contributed by atoms with Crippen molar-refractivity contribution in [3.63, 3.8) is 0 Å². The highest BCUT2D eigenvalue weighted by Gasteiger charge is 2.67. The van der Waals surface area contributed by atoms with Gasteiger partial charge in [0, 0.05) is 6.42 Å². The van der Waals surface area contributed by atoms with Crippen LogP contribution in [0.15, 0.2) is 66.7 Å². The minimum Gasteiger partial charge on any atom is -0.495 e. The maximum absolute atomic E-state index is 13.7. The van der Waals surface area contributed by atoms with E-state index >= 15 is 0 Å². The first-order chi connectivity index (χ1) is 16.1. The summed E-state index contributed by atoms with van der Waals surface area (Å²) < 4.78 is 5.37. The number of nitrogens with zero attached hydrogens (tertiary/aromatic N) is 1. The third kappa shape index (κ3) is 3.11. The Morgan fingerprint density at radius 3 is 2.21 bits per heavy atom. The second-order valence-corrected chi connectivity index (χ2v) is 9.60. The first kappa shape index (κ1) is 20.2. The van der Waals surface area contributed by atoms with Gasteiger partial charge in [-0.25, -0.2) is 0 Å². The van der Waals surface area contributed by atoms with Crippen LogP contribution >= 0.6 is 0 Å². The third-order valence-electron chi connectivity index (χ3n) is 7.95. The number of anilines is 1. The highest BCUT2D eigenvalue weighted by Crippen LogP contribution is 2.65. The van der Waals surface area contributed by atoms with Gasteiger partial charge >= 0.3 is 0 Å². The van der Waals surface area contributed by atoms with E-state index in [2.05, 4.69) is 17.5 Å². The molecule has 1 heterocycles. The second kappa shape index (κ2) is 7.58. The molecule has 0 unspecified atom stereocenters. The molecule has 7 rings (SSSR count). The van der Waals surface area contributed by atoms with Gasteiger partial charge in [-0.1, -0.05) is 54.6 Å². The normalized spacial score (nSPS) is 31.7. The molecular formula is C27H26N2O4. The summed E-state index contributed by atoms with van der Waals surface area (Å²) in [4.78, 5) is 42.2. The largest absolute Gasteiger partial charge is 0.495 e. The van der Waals surface area contributed by atoms with E-state index in [9.17, 15) is 14.4 Å². The lowest BCUT2D eigenvalue weighted by atomic mass is 9.63. The van der Waals surface area contributed by atoms with Crippen molar-refractivity contribution in [3.8, 4) is 5.75 Å². The molecule has 0 radical (unpaired) electrons. The topological polar surface area (TPSA) is 75.7 Å². The summed E-state index contributed by atoms with van der Waals surface area (Å²) in [6, 6.07) is 15.8. The van der Waals surface area contributed by atoms with Crippen molar-refractivity contribution in [2.45, 2.75) is 18.9 Å². The van der Waals surface area contributed by atoms with E-state index in [-0.39, 0.29) is 47.8 Å². The number of carbonyl (C=O) groups is 3. The molecule has 6 heteroatoms. The first-order valence-corrected chi connectivity index (χ1v) is 11.6. The first-order valence-electron chi connectivity index (χ1n) is 11.6. The molecule has 1 N–H and O–H groups in total. The summed E-state index contributed by atoms with van der Waals surface area (Å²) in [5.74, 6) is 0.412. The Labute approximate surface area is 192 Å². The maximum Gasteiger partial charge on any atom is 0.248 e. The number of allylic oxidation sites excluding steroid dienone is 2. The van der Waals surface area contributed by atoms with Crippen molar-refractivity contribution in [2.24, 2.45) is 35.5 Å². The zero-order chi connectivity index (χ0) is 22.7. The standard InChI is InChI=1S/C27H26N2O4/c1-33-22-10-6-5-9-20(22)28-25(30)21(13-15-7-3-2-4-8-15)29-26(31)23-16-11-12-17(19-14-18(16)19)24(23)27(29)32/h2-12,16-19,21,23-24H,13-14H2,1H3,(H,28,30)/t16-,17-,18-,19-,21-,23-,24+/m0/s1. The number of rotatable bonds is 6. The van der Waals surface area contributed by atoms with E-state index in [0.29, 0.717) is 23.3 Å². The number of methoxy groups -OCH3 is 1. The molecule has 2 bridgehead atoms. The third-order valence-corrected chi connectivity index (χ3v) is 7.95. The van der Waals surface area contributed by atoms with Crippen LogP contribution in [0.2, 0.25) is 0 Å². The molecule has 1 aliphatic heterocycles. The van der Waals surface area contributed by atoms with Crippen LogP contribution < -0.4 is 10.1 Å². The Hall–Kier alpha value is -3.41. The predicted octanol–water partition coefficient (Wildman–Crippen LogP) is 3.30.